The number of ether oxygens (including phenoxy) is 2. The monoisotopic (exact) mass is 462 g/mol. The fourth-order valence-electron chi connectivity index (χ4n) is 7.35. The first-order valence-corrected chi connectivity index (χ1v) is 12.2. The molecule has 7 atom stereocenters. The normalized spacial score (nSPS) is 42.5. The number of hydrogen-bond donors (Lipinski definition) is 2. The Bertz CT molecular complexity index is 886. The molecule has 0 aromatic rings. The smallest absolute Gasteiger partial charge is 0.311 e. The molecule has 4 aliphatic carbocycles. The molecule has 4 aliphatic rings. The van der Waals surface area contributed by atoms with Crippen molar-refractivity contribution in [2.24, 2.45) is 28.1 Å². The van der Waals surface area contributed by atoms with Crippen LogP contribution in [0.5, 0.6) is 0 Å². The molecule has 184 valence electrons. The molecule has 7 heteroatoms. The van der Waals surface area contributed by atoms with Gasteiger partial charge in [-0.3, -0.25) is 14.4 Å². The molecule has 2 N–H and O–H groups in total. The predicted octanol–water partition coefficient (Wildman–Crippen LogP) is 3.11. The lowest BCUT2D eigenvalue weighted by atomic mass is 9.44. The van der Waals surface area contributed by atoms with Crippen molar-refractivity contribution in [3.63, 3.8) is 0 Å². The lowest BCUT2D eigenvalue weighted by Crippen LogP contribution is -2.69. The molecule has 7 nitrogen and oxygen atoms in total. The van der Waals surface area contributed by atoms with Crippen molar-refractivity contribution in [1.29, 1.82) is 0 Å². The molecular weight excluding hydrogens is 424 g/mol. The second kappa shape index (κ2) is 7.91. The number of aliphatic hydroxyl groups is 2. The third-order valence-electron chi connectivity index (χ3n) is 9.14. The predicted molar refractivity (Wildman–Crippen MR) is 120 cm³/mol. The molecule has 0 bridgehead atoms. The molecule has 0 heterocycles. The molecule has 2 unspecified atom stereocenters. The van der Waals surface area contributed by atoms with E-state index in [1.54, 1.807) is 6.08 Å². The van der Waals surface area contributed by atoms with Gasteiger partial charge in [0.2, 0.25) is 0 Å². The van der Waals surface area contributed by atoms with E-state index in [2.05, 4.69) is 6.92 Å². The Morgan fingerprint density at radius 2 is 1.85 bits per heavy atom. The summed E-state index contributed by atoms with van der Waals surface area (Å²) in [5.41, 5.74) is -2.35. The first kappa shape index (κ1) is 24.4. The molecule has 3 fully saturated rings. The average molecular weight is 463 g/mol. The maximum Gasteiger partial charge on any atom is 0.311 e. The molecule has 0 saturated heterocycles. The van der Waals surface area contributed by atoms with Crippen LogP contribution in [-0.2, 0) is 23.9 Å². The molecule has 0 aromatic carbocycles. The molecule has 0 spiro atoms. The minimum absolute atomic E-state index is 0.0109. The van der Waals surface area contributed by atoms with Crippen molar-refractivity contribution < 1.29 is 34.1 Å². The van der Waals surface area contributed by atoms with E-state index < -0.39 is 33.9 Å². The largest absolute Gasteiger partial charge is 0.465 e. The Labute approximate surface area is 195 Å². The number of hydrogen-bond acceptors (Lipinski definition) is 7. The topological polar surface area (TPSA) is 110 Å². The minimum atomic E-state index is -1.41. The van der Waals surface area contributed by atoms with Crippen molar-refractivity contribution in [2.45, 2.75) is 97.4 Å². The lowest BCUT2D eigenvalue weighted by molar-refractivity contribution is -0.248. The summed E-state index contributed by atoms with van der Waals surface area (Å²) in [6, 6.07) is 0. The van der Waals surface area contributed by atoms with Gasteiger partial charge < -0.3 is 19.7 Å². The van der Waals surface area contributed by atoms with Crippen LogP contribution in [0.1, 0.15) is 79.6 Å². The summed E-state index contributed by atoms with van der Waals surface area (Å²) in [5.74, 6) is -1.25. The second-order valence-electron chi connectivity index (χ2n) is 12.1. The summed E-state index contributed by atoms with van der Waals surface area (Å²) in [7, 11) is 0. The molecule has 4 rings (SSSR count). The van der Waals surface area contributed by atoms with E-state index in [0.29, 0.717) is 32.1 Å². The number of ketones is 1. The van der Waals surface area contributed by atoms with E-state index in [1.807, 2.05) is 20.8 Å². The maximum absolute atomic E-state index is 12.7. The summed E-state index contributed by atoms with van der Waals surface area (Å²) < 4.78 is 11.5. The highest BCUT2D eigenvalue weighted by Gasteiger charge is 2.70. The molecular formula is C26H38O7. The zero-order valence-electron chi connectivity index (χ0n) is 20.5. The number of aliphatic hydroxyl groups excluding tert-OH is 1. The highest BCUT2D eigenvalue weighted by molar-refractivity contribution is 5.91. The van der Waals surface area contributed by atoms with E-state index >= 15 is 0 Å². The first-order chi connectivity index (χ1) is 15.2. The van der Waals surface area contributed by atoms with Gasteiger partial charge >= 0.3 is 11.9 Å². The third-order valence-corrected chi connectivity index (χ3v) is 9.14. The van der Waals surface area contributed by atoms with Gasteiger partial charge in [0, 0.05) is 30.1 Å². The minimum Gasteiger partial charge on any atom is -0.465 e. The van der Waals surface area contributed by atoms with Crippen molar-refractivity contribution >= 4 is 17.7 Å². The van der Waals surface area contributed by atoms with Crippen LogP contribution >= 0.6 is 0 Å². The van der Waals surface area contributed by atoms with Crippen molar-refractivity contribution in [3.05, 3.63) is 11.6 Å². The highest BCUT2D eigenvalue weighted by Crippen LogP contribution is 2.67. The quantitative estimate of drug-likeness (QED) is 0.620. The van der Waals surface area contributed by atoms with Crippen LogP contribution in [0.3, 0.4) is 0 Å². The van der Waals surface area contributed by atoms with Crippen LogP contribution in [-0.4, -0.2) is 52.4 Å². The number of rotatable bonds is 3. The maximum atomic E-state index is 12.7. The molecule has 0 amide bonds. The van der Waals surface area contributed by atoms with E-state index in [9.17, 15) is 24.6 Å². The van der Waals surface area contributed by atoms with Gasteiger partial charge in [-0.2, -0.15) is 0 Å². The molecule has 3 saturated carbocycles. The number of esters is 2. The average Bonchev–Trinajstić information content (AvgIpc) is 3.04. The Kier molecular flexibility index (Phi) is 5.85. The Hall–Kier alpha value is -1.73. The van der Waals surface area contributed by atoms with E-state index in [4.69, 9.17) is 9.47 Å². The lowest BCUT2D eigenvalue weighted by Gasteiger charge is -2.63. The SMILES string of the molecule is CC(=O)OC[C@]12CCC(=O)C=C1CC(O)[C@]1(O)[C@H]2CC[C@]2(C)C(OC(=O)C(C)(C)C)CC[C@@H]12. The molecule has 0 aromatic heterocycles. The van der Waals surface area contributed by atoms with Crippen molar-refractivity contribution in [1.82, 2.24) is 0 Å². The Balaban J connectivity index is 1.71. The van der Waals surface area contributed by atoms with E-state index in [1.165, 1.54) is 6.92 Å². The molecule has 33 heavy (non-hydrogen) atoms. The van der Waals surface area contributed by atoms with Gasteiger partial charge in [0.05, 0.1) is 17.1 Å². The fraction of sp³-hybridized carbons (Fsp3) is 0.808. The fourth-order valence-corrected chi connectivity index (χ4v) is 7.35. The Morgan fingerprint density at radius 1 is 1.15 bits per heavy atom. The summed E-state index contributed by atoms with van der Waals surface area (Å²) in [6.07, 6.45) is 3.86. The summed E-state index contributed by atoms with van der Waals surface area (Å²) in [4.78, 5) is 36.6. The second-order valence-corrected chi connectivity index (χ2v) is 12.1. The van der Waals surface area contributed by atoms with Crippen LogP contribution in [0.4, 0.5) is 0 Å². The van der Waals surface area contributed by atoms with Gasteiger partial charge in [-0.1, -0.05) is 12.5 Å². The van der Waals surface area contributed by atoms with Gasteiger partial charge in [-0.05, 0) is 71.3 Å². The van der Waals surface area contributed by atoms with Crippen LogP contribution in [0, 0.1) is 28.1 Å². The van der Waals surface area contributed by atoms with Crippen LogP contribution in [0.25, 0.3) is 0 Å². The van der Waals surface area contributed by atoms with Crippen LogP contribution in [0.15, 0.2) is 11.6 Å². The van der Waals surface area contributed by atoms with Crippen molar-refractivity contribution in [3.8, 4) is 0 Å². The van der Waals surface area contributed by atoms with Gasteiger partial charge in [-0.15, -0.1) is 0 Å². The van der Waals surface area contributed by atoms with E-state index in [0.717, 1.165) is 12.0 Å². The number of fused-ring (bicyclic) bond motifs is 5. The van der Waals surface area contributed by atoms with E-state index in [-0.39, 0.29) is 42.7 Å². The first-order valence-electron chi connectivity index (χ1n) is 12.2. The van der Waals surface area contributed by atoms with Gasteiger partial charge in [0.1, 0.15) is 12.7 Å². The summed E-state index contributed by atoms with van der Waals surface area (Å²) in [6.45, 7) is 9.03. The molecule has 0 radical (unpaired) electrons. The number of carbonyl (C=O) groups excluding carboxylic acids is 3. The third kappa shape index (κ3) is 3.66. The van der Waals surface area contributed by atoms with Crippen molar-refractivity contribution in [2.75, 3.05) is 6.61 Å². The van der Waals surface area contributed by atoms with Crippen LogP contribution in [0.2, 0.25) is 0 Å². The zero-order chi connectivity index (χ0) is 24.4. The van der Waals surface area contributed by atoms with Gasteiger partial charge in [-0.25, -0.2) is 0 Å². The van der Waals surface area contributed by atoms with Crippen LogP contribution < -0.4 is 0 Å². The molecule has 0 aliphatic heterocycles. The highest BCUT2D eigenvalue weighted by atomic mass is 16.5. The zero-order valence-corrected chi connectivity index (χ0v) is 20.5. The van der Waals surface area contributed by atoms with Gasteiger partial charge in [0.25, 0.3) is 0 Å². The number of carbonyl (C=O) groups is 3. The standard InChI is InChI=1S/C26H38O7/c1-15(27)32-14-25-11-8-17(28)12-16(25)13-20(29)26(31)18-6-7-21(33-22(30)23(2,3)4)24(18,5)10-9-19(25)26/h12,18-21,29,31H,6-11,13-14H2,1-5H3/t18-,19+,20?,21?,24+,25-,26-/m1/s1. The van der Waals surface area contributed by atoms with Gasteiger partial charge in [0.15, 0.2) is 5.78 Å². The summed E-state index contributed by atoms with van der Waals surface area (Å²) >= 11 is 0. The summed E-state index contributed by atoms with van der Waals surface area (Å²) in [5, 5.41) is 23.6. The Morgan fingerprint density at radius 3 is 2.48 bits per heavy atom.